The second-order valence-electron chi connectivity index (χ2n) is 4.70. The van der Waals surface area contributed by atoms with E-state index in [1.165, 1.54) is 24.2 Å². The first-order chi connectivity index (χ1) is 8.46. The van der Waals surface area contributed by atoms with Gasteiger partial charge in [0.15, 0.2) is 0 Å². The summed E-state index contributed by atoms with van der Waals surface area (Å²) in [6.45, 7) is 13.0. The van der Waals surface area contributed by atoms with Crippen LogP contribution in [0.1, 0.15) is 41.5 Å². The zero-order chi connectivity index (χ0) is 14.2. The van der Waals surface area contributed by atoms with Gasteiger partial charge in [-0.05, 0) is 23.4 Å². The molecule has 0 saturated carbocycles. The van der Waals surface area contributed by atoms with E-state index in [9.17, 15) is 0 Å². The molecule has 2 aromatic heterocycles. The zero-order valence-corrected chi connectivity index (χ0v) is 13.0. The van der Waals surface area contributed by atoms with Gasteiger partial charge in [0.1, 0.15) is 12.7 Å². The van der Waals surface area contributed by atoms with E-state index in [4.69, 9.17) is 0 Å². The summed E-state index contributed by atoms with van der Waals surface area (Å²) in [4.78, 5) is 3.56. The molecule has 104 valence electrons. The van der Waals surface area contributed by atoms with Crippen LogP contribution < -0.4 is 0 Å². The Balaban J connectivity index is 0. The van der Waals surface area contributed by atoms with Gasteiger partial charge in [0.2, 0.25) is 0 Å². The number of H-pyrrole nitrogens is 1. The van der Waals surface area contributed by atoms with Gasteiger partial charge in [0.25, 0.3) is 0 Å². The summed E-state index contributed by atoms with van der Waals surface area (Å²) in [6.07, 6.45) is 4.62. The van der Waals surface area contributed by atoms with Crippen LogP contribution in [0.3, 0.4) is 0 Å². The molecule has 0 aromatic carbocycles. The summed E-state index contributed by atoms with van der Waals surface area (Å²) in [5.41, 5.74) is 0. The van der Waals surface area contributed by atoms with Crippen molar-refractivity contribution in [1.29, 1.82) is 0 Å². The van der Waals surface area contributed by atoms with Crippen LogP contribution in [0.15, 0.2) is 24.2 Å². The molecule has 0 atom stereocenters. The third kappa shape index (κ3) is 36.5. The molecule has 0 radical (unpaired) electrons. The monoisotopic (exact) mass is 271 g/mol. The van der Waals surface area contributed by atoms with E-state index in [-0.39, 0.29) is 0 Å². The van der Waals surface area contributed by atoms with Crippen molar-refractivity contribution in [2.75, 3.05) is 0 Å². The average Bonchev–Trinajstić information content (AvgIpc) is 2.96. The Hall–Kier alpha value is -1.30. The van der Waals surface area contributed by atoms with Crippen LogP contribution in [0, 0.1) is 11.8 Å². The standard InChI is InChI=1S/2C4H10.C2H3N3.C2H2N2S/c2*1-4(2)3;1-3-2-5-4-1;1-2-5-4-3-1/h2*4H,1-3H3;1-2H,(H,3,4,5);1-2H. The van der Waals surface area contributed by atoms with Gasteiger partial charge in [-0.3, -0.25) is 5.10 Å². The molecule has 1 N–H and O–H groups in total. The fraction of sp³-hybridized carbons (Fsp3) is 0.667. The Labute approximate surface area is 114 Å². The lowest BCUT2D eigenvalue weighted by atomic mass is 10.3. The van der Waals surface area contributed by atoms with Gasteiger partial charge in [0, 0.05) is 5.38 Å². The van der Waals surface area contributed by atoms with E-state index in [0.29, 0.717) is 0 Å². The highest BCUT2D eigenvalue weighted by molar-refractivity contribution is 7.03. The van der Waals surface area contributed by atoms with Gasteiger partial charge in [0.05, 0.1) is 6.20 Å². The van der Waals surface area contributed by atoms with Gasteiger partial charge < -0.3 is 0 Å². The third-order valence-corrected chi connectivity index (χ3v) is 1.05. The highest BCUT2D eigenvalue weighted by Crippen LogP contribution is 1.81. The second-order valence-corrected chi connectivity index (χ2v) is 5.35. The summed E-state index contributed by atoms with van der Waals surface area (Å²) < 4.78 is 3.51. The first kappa shape index (κ1) is 19.0. The highest BCUT2D eigenvalue weighted by atomic mass is 32.1. The van der Waals surface area contributed by atoms with Crippen molar-refractivity contribution in [2.45, 2.75) is 41.5 Å². The number of nitrogens with zero attached hydrogens (tertiary/aromatic N) is 4. The number of aromatic amines is 1. The van der Waals surface area contributed by atoms with Gasteiger partial charge in [-0.1, -0.05) is 46.0 Å². The number of hydrogen-bond acceptors (Lipinski definition) is 5. The van der Waals surface area contributed by atoms with Crippen molar-refractivity contribution in [3.05, 3.63) is 24.2 Å². The molecule has 0 spiro atoms. The van der Waals surface area contributed by atoms with Gasteiger partial charge in [-0.2, -0.15) is 5.10 Å². The SMILES string of the molecule is CC(C)C.CC(C)C.c1csnn1.c1nc[nH]n1. The van der Waals surface area contributed by atoms with E-state index >= 15 is 0 Å². The molecule has 0 saturated heterocycles. The molecule has 2 heterocycles. The van der Waals surface area contributed by atoms with Crippen molar-refractivity contribution < 1.29 is 0 Å². The molecule has 0 fully saturated rings. The van der Waals surface area contributed by atoms with Crippen molar-refractivity contribution >= 4 is 11.5 Å². The quantitative estimate of drug-likeness (QED) is 0.794. The molecule has 0 aliphatic rings. The van der Waals surface area contributed by atoms with Gasteiger partial charge in [-0.15, -0.1) is 5.10 Å². The van der Waals surface area contributed by atoms with Crippen molar-refractivity contribution in [2.24, 2.45) is 11.8 Å². The predicted octanol–water partition coefficient (Wildman–Crippen LogP) is 3.67. The Bertz CT molecular complexity index is 220. The molecular formula is C12H25N5S. The van der Waals surface area contributed by atoms with Gasteiger partial charge >= 0.3 is 0 Å². The second kappa shape index (κ2) is 15.7. The van der Waals surface area contributed by atoms with Crippen molar-refractivity contribution in [3.8, 4) is 0 Å². The fourth-order valence-electron chi connectivity index (χ4n) is 0.303. The number of aromatic nitrogens is 5. The molecule has 0 unspecified atom stereocenters. The van der Waals surface area contributed by atoms with E-state index in [0.717, 1.165) is 11.8 Å². The van der Waals surface area contributed by atoms with E-state index in [2.05, 4.69) is 66.3 Å². The Morgan fingerprint density at radius 3 is 1.67 bits per heavy atom. The van der Waals surface area contributed by atoms with Gasteiger partial charge in [-0.25, -0.2) is 4.98 Å². The van der Waals surface area contributed by atoms with Crippen LogP contribution in [0.4, 0.5) is 0 Å². The minimum absolute atomic E-state index is 0.833. The maximum Gasteiger partial charge on any atom is 0.137 e. The molecule has 6 heteroatoms. The van der Waals surface area contributed by atoms with Crippen LogP contribution in [0.2, 0.25) is 0 Å². The molecule has 0 bridgehead atoms. The maximum atomic E-state index is 3.56. The van der Waals surface area contributed by atoms with E-state index < -0.39 is 0 Å². The maximum absolute atomic E-state index is 3.56. The van der Waals surface area contributed by atoms with Crippen LogP contribution in [0.25, 0.3) is 0 Å². The van der Waals surface area contributed by atoms with Crippen LogP contribution >= 0.6 is 11.5 Å². The molecule has 5 nitrogen and oxygen atoms in total. The summed E-state index contributed by atoms with van der Waals surface area (Å²) in [5.74, 6) is 1.67. The molecule has 2 rings (SSSR count). The minimum atomic E-state index is 0.833. The molecule has 0 aliphatic carbocycles. The number of hydrogen-bond donors (Lipinski definition) is 1. The normalized spacial score (nSPS) is 8.44. The lowest BCUT2D eigenvalue weighted by Gasteiger charge is -1.79. The third-order valence-electron chi connectivity index (χ3n) is 0.614. The van der Waals surface area contributed by atoms with Crippen LogP contribution in [-0.2, 0) is 0 Å². The Kier molecular flexibility index (Phi) is 16.6. The number of rotatable bonds is 0. The minimum Gasteiger partial charge on any atom is -0.266 e. The topological polar surface area (TPSA) is 67.3 Å². The molecule has 0 aliphatic heterocycles. The summed E-state index contributed by atoms with van der Waals surface area (Å²) in [7, 11) is 0. The van der Waals surface area contributed by atoms with Crippen molar-refractivity contribution in [3.63, 3.8) is 0 Å². The number of nitrogens with one attached hydrogen (secondary N) is 1. The largest absolute Gasteiger partial charge is 0.266 e. The average molecular weight is 271 g/mol. The Morgan fingerprint density at radius 2 is 1.56 bits per heavy atom. The van der Waals surface area contributed by atoms with E-state index in [1.807, 2.05) is 5.38 Å². The molecule has 18 heavy (non-hydrogen) atoms. The first-order valence-electron chi connectivity index (χ1n) is 5.96. The molecular weight excluding hydrogens is 246 g/mol. The Morgan fingerprint density at radius 1 is 1.00 bits per heavy atom. The summed E-state index contributed by atoms with van der Waals surface area (Å²) >= 11 is 1.35. The summed E-state index contributed by atoms with van der Waals surface area (Å²) in [5, 5.41) is 11.3. The lowest BCUT2D eigenvalue weighted by Crippen LogP contribution is -1.66. The summed E-state index contributed by atoms with van der Waals surface area (Å²) in [6, 6.07) is 0. The zero-order valence-electron chi connectivity index (χ0n) is 12.2. The smallest absolute Gasteiger partial charge is 0.137 e. The first-order valence-corrected chi connectivity index (χ1v) is 6.80. The van der Waals surface area contributed by atoms with Crippen LogP contribution in [-0.4, -0.2) is 24.8 Å². The fourth-order valence-corrected chi connectivity index (χ4v) is 0.575. The lowest BCUT2D eigenvalue weighted by molar-refractivity contribution is 0.736. The van der Waals surface area contributed by atoms with Crippen molar-refractivity contribution in [1.82, 2.24) is 24.8 Å². The predicted molar refractivity (Wildman–Crippen MR) is 77.3 cm³/mol. The molecule has 0 amide bonds. The van der Waals surface area contributed by atoms with Crippen LogP contribution in [0.5, 0.6) is 0 Å². The highest BCUT2D eigenvalue weighted by Gasteiger charge is 1.68. The molecule has 2 aromatic rings. The van der Waals surface area contributed by atoms with E-state index in [1.54, 1.807) is 6.20 Å².